The second-order valence-corrected chi connectivity index (χ2v) is 9.21. The minimum Gasteiger partial charge on any atom is -0.466 e. The van der Waals surface area contributed by atoms with Crippen molar-refractivity contribution in [3.8, 4) is 11.5 Å². The van der Waals surface area contributed by atoms with E-state index < -0.39 is 23.5 Å². The lowest BCUT2D eigenvalue weighted by Gasteiger charge is -2.34. The zero-order chi connectivity index (χ0) is 22.7. The van der Waals surface area contributed by atoms with Gasteiger partial charge in [0.1, 0.15) is 5.60 Å². The Kier molecular flexibility index (Phi) is 4.65. The summed E-state index contributed by atoms with van der Waals surface area (Å²) in [4.78, 5) is 42.7. The molecule has 3 unspecified atom stereocenters. The fourth-order valence-corrected chi connectivity index (χ4v) is 5.86. The summed E-state index contributed by atoms with van der Waals surface area (Å²) in [6, 6.07) is 5.42. The first kappa shape index (κ1) is 20.5. The second kappa shape index (κ2) is 7.48. The number of amides is 2. The molecule has 1 aromatic rings. The molecule has 2 amide bonds. The van der Waals surface area contributed by atoms with E-state index in [2.05, 4.69) is 0 Å². The Morgan fingerprint density at radius 1 is 1.18 bits per heavy atom. The number of hydrogen-bond donors (Lipinski definition) is 0. The third-order valence-electron chi connectivity index (χ3n) is 7.48. The summed E-state index contributed by atoms with van der Waals surface area (Å²) in [6.07, 6.45) is 4.62. The van der Waals surface area contributed by atoms with Crippen LogP contribution in [0.2, 0.25) is 0 Å². The highest BCUT2D eigenvalue weighted by Gasteiger charge is 2.67. The molecular weight excluding hydrogens is 428 g/mol. The van der Waals surface area contributed by atoms with E-state index in [-0.39, 0.29) is 30.5 Å². The van der Waals surface area contributed by atoms with Crippen molar-refractivity contribution < 1.29 is 33.3 Å². The quantitative estimate of drug-likeness (QED) is 0.503. The number of ether oxygens (including phenoxy) is 4. The monoisotopic (exact) mass is 454 g/mol. The summed E-state index contributed by atoms with van der Waals surface area (Å²) in [7, 11) is 0. The van der Waals surface area contributed by atoms with Gasteiger partial charge in [0, 0.05) is 24.8 Å². The van der Waals surface area contributed by atoms with Gasteiger partial charge >= 0.3 is 5.97 Å². The number of anilines is 1. The molecule has 33 heavy (non-hydrogen) atoms. The molecule has 0 aliphatic carbocycles. The lowest BCUT2D eigenvalue weighted by molar-refractivity contribution is -0.152. The van der Waals surface area contributed by atoms with Gasteiger partial charge < -0.3 is 28.7 Å². The Hall–Kier alpha value is -3.07. The van der Waals surface area contributed by atoms with Crippen molar-refractivity contribution in [1.82, 2.24) is 4.90 Å². The molecule has 4 atom stereocenters. The number of carbonyl (C=O) groups excluding carboxylic acids is 3. The predicted octanol–water partition coefficient (Wildman–Crippen LogP) is 1.50. The van der Waals surface area contributed by atoms with E-state index in [4.69, 9.17) is 18.9 Å². The van der Waals surface area contributed by atoms with Gasteiger partial charge in [-0.3, -0.25) is 14.4 Å². The van der Waals surface area contributed by atoms with Crippen molar-refractivity contribution in [2.24, 2.45) is 17.8 Å². The third kappa shape index (κ3) is 3.05. The number of nitrogens with zero attached hydrogens (tertiary/aromatic N) is 2. The fourth-order valence-electron chi connectivity index (χ4n) is 5.86. The van der Waals surface area contributed by atoms with Crippen LogP contribution in [0.15, 0.2) is 30.4 Å². The summed E-state index contributed by atoms with van der Waals surface area (Å²) in [5.41, 5.74) is -0.0863. The lowest BCUT2D eigenvalue weighted by Crippen LogP contribution is -2.49. The van der Waals surface area contributed by atoms with Crippen LogP contribution < -0.4 is 14.4 Å². The van der Waals surface area contributed by atoms with Crippen molar-refractivity contribution in [3.05, 3.63) is 30.4 Å². The molecule has 0 saturated carbocycles. The minimum absolute atomic E-state index is 0.0700. The second-order valence-electron chi connectivity index (χ2n) is 9.21. The fraction of sp³-hybridized carbons (Fsp3) is 0.542. The first-order valence-electron chi connectivity index (χ1n) is 11.5. The molecule has 0 N–H and O–H groups in total. The van der Waals surface area contributed by atoms with Gasteiger partial charge in [0.2, 0.25) is 18.6 Å². The van der Waals surface area contributed by atoms with Crippen LogP contribution in [0.1, 0.15) is 19.8 Å². The maximum absolute atomic E-state index is 13.6. The van der Waals surface area contributed by atoms with Crippen LogP contribution in [0.3, 0.4) is 0 Å². The Morgan fingerprint density at radius 2 is 1.97 bits per heavy atom. The molecule has 1 aromatic carbocycles. The SMILES string of the molecule is CCOC(=O)C1CCN(C(=O)C2C3C=C[C@]4(CN(c5ccc6c(c5)OCO6)C(=O)C24)O3)CC1. The topological polar surface area (TPSA) is 94.6 Å². The maximum Gasteiger partial charge on any atom is 0.309 e. The third-order valence-corrected chi connectivity index (χ3v) is 7.48. The summed E-state index contributed by atoms with van der Waals surface area (Å²) in [5, 5.41) is 0. The highest BCUT2D eigenvalue weighted by Crippen LogP contribution is 2.53. The normalized spacial score (nSPS) is 31.9. The van der Waals surface area contributed by atoms with Crippen LogP contribution in [0.5, 0.6) is 11.5 Å². The van der Waals surface area contributed by atoms with E-state index in [1.165, 1.54) is 0 Å². The highest BCUT2D eigenvalue weighted by molar-refractivity contribution is 6.03. The van der Waals surface area contributed by atoms with Gasteiger partial charge in [-0.2, -0.15) is 0 Å². The van der Waals surface area contributed by atoms with E-state index in [0.29, 0.717) is 56.3 Å². The summed E-state index contributed by atoms with van der Waals surface area (Å²) in [5.74, 6) is -0.409. The van der Waals surface area contributed by atoms with E-state index in [0.717, 1.165) is 0 Å². The Labute approximate surface area is 191 Å². The molecule has 5 aliphatic heterocycles. The number of benzene rings is 1. The van der Waals surface area contributed by atoms with Crippen molar-refractivity contribution in [2.75, 3.05) is 37.9 Å². The smallest absolute Gasteiger partial charge is 0.309 e. The predicted molar refractivity (Wildman–Crippen MR) is 115 cm³/mol. The van der Waals surface area contributed by atoms with E-state index in [1.807, 2.05) is 18.2 Å². The summed E-state index contributed by atoms with van der Waals surface area (Å²) >= 11 is 0. The molecule has 3 saturated heterocycles. The van der Waals surface area contributed by atoms with Gasteiger partial charge in [-0.25, -0.2) is 0 Å². The number of esters is 1. The van der Waals surface area contributed by atoms with Crippen LogP contribution in [-0.4, -0.2) is 67.4 Å². The summed E-state index contributed by atoms with van der Waals surface area (Å²) < 4.78 is 22.2. The zero-order valence-corrected chi connectivity index (χ0v) is 18.4. The number of piperidine rings is 1. The molecule has 3 fully saturated rings. The van der Waals surface area contributed by atoms with Crippen LogP contribution in [0.4, 0.5) is 5.69 Å². The van der Waals surface area contributed by atoms with Crippen molar-refractivity contribution in [2.45, 2.75) is 31.5 Å². The first-order chi connectivity index (χ1) is 16.0. The van der Waals surface area contributed by atoms with Crippen molar-refractivity contribution in [3.63, 3.8) is 0 Å². The van der Waals surface area contributed by atoms with Crippen LogP contribution in [0.25, 0.3) is 0 Å². The summed E-state index contributed by atoms with van der Waals surface area (Å²) in [6.45, 7) is 3.63. The zero-order valence-electron chi connectivity index (χ0n) is 18.4. The minimum atomic E-state index is -0.790. The van der Waals surface area contributed by atoms with E-state index in [9.17, 15) is 14.4 Å². The molecular formula is C24H26N2O7. The van der Waals surface area contributed by atoms with Crippen LogP contribution >= 0.6 is 0 Å². The molecule has 174 valence electrons. The van der Waals surface area contributed by atoms with Gasteiger partial charge in [0.05, 0.1) is 37.0 Å². The van der Waals surface area contributed by atoms with Crippen LogP contribution in [0, 0.1) is 17.8 Å². The van der Waals surface area contributed by atoms with Crippen molar-refractivity contribution >= 4 is 23.5 Å². The largest absolute Gasteiger partial charge is 0.466 e. The average Bonchev–Trinajstić information content (AvgIpc) is 3.59. The van der Waals surface area contributed by atoms with E-state index in [1.54, 1.807) is 28.9 Å². The molecule has 5 heterocycles. The molecule has 0 radical (unpaired) electrons. The number of hydrogen-bond acceptors (Lipinski definition) is 7. The average molecular weight is 454 g/mol. The van der Waals surface area contributed by atoms with Crippen molar-refractivity contribution in [1.29, 1.82) is 0 Å². The van der Waals surface area contributed by atoms with Gasteiger partial charge in [0.25, 0.3) is 0 Å². The van der Waals surface area contributed by atoms with Gasteiger partial charge in [-0.15, -0.1) is 0 Å². The molecule has 2 bridgehead atoms. The Balaban J connectivity index is 1.20. The molecule has 6 rings (SSSR count). The standard InChI is InChI=1S/C24H26N2O7/c1-2-30-23(29)14-6-9-25(10-7-14)21(27)19-17-5-8-24(33-17)12-26(22(28)20(19)24)15-3-4-16-18(11-15)32-13-31-16/h3-5,8,11,14,17,19-20H,2,6-7,9-10,12-13H2,1H3/t17?,19?,20?,24-/m1/s1. The first-order valence-corrected chi connectivity index (χ1v) is 11.5. The maximum atomic E-state index is 13.6. The molecule has 5 aliphatic rings. The van der Waals surface area contributed by atoms with Gasteiger partial charge in [0.15, 0.2) is 11.5 Å². The number of likely N-dealkylation sites (tertiary alicyclic amines) is 1. The Bertz CT molecular complexity index is 1050. The number of carbonyl (C=O) groups is 3. The molecule has 9 heteroatoms. The molecule has 9 nitrogen and oxygen atoms in total. The molecule has 0 aromatic heterocycles. The number of fused-ring (bicyclic) bond motifs is 2. The van der Waals surface area contributed by atoms with Crippen LogP contribution in [-0.2, 0) is 23.9 Å². The molecule has 1 spiro atoms. The Morgan fingerprint density at radius 3 is 2.76 bits per heavy atom. The van der Waals surface area contributed by atoms with Gasteiger partial charge in [-0.05, 0) is 31.9 Å². The lowest BCUT2D eigenvalue weighted by atomic mass is 9.76. The number of rotatable bonds is 4. The highest BCUT2D eigenvalue weighted by atomic mass is 16.7. The van der Waals surface area contributed by atoms with Gasteiger partial charge in [-0.1, -0.05) is 12.2 Å². The van der Waals surface area contributed by atoms with E-state index >= 15 is 0 Å².